The van der Waals surface area contributed by atoms with Gasteiger partial charge in [-0.3, -0.25) is 4.90 Å². The molecule has 0 bridgehead atoms. The summed E-state index contributed by atoms with van der Waals surface area (Å²) in [6.45, 7) is 4.67. The average molecular weight is 252 g/mol. The lowest BCUT2D eigenvalue weighted by Crippen LogP contribution is -2.30. The third kappa shape index (κ3) is 4.12. The first-order chi connectivity index (χ1) is 8.78. The summed E-state index contributed by atoms with van der Waals surface area (Å²) in [5, 5.41) is 3.13. The van der Waals surface area contributed by atoms with E-state index in [9.17, 15) is 0 Å². The quantitative estimate of drug-likeness (QED) is 0.838. The van der Waals surface area contributed by atoms with Crippen LogP contribution in [0.3, 0.4) is 0 Å². The van der Waals surface area contributed by atoms with Gasteiger partial charge in [-0.05, 0) is 38.9 Å². The normalized spacial score (nSPS) is 20.5. The Morgan fingerprint density at radius 3 is 3.11 bits per heavy atom. The SMILES string of the molecule is CNCc1coc(CN(C)CC2CCCOC2)c1. The molecule has 0 radical (unpaired) electrons. The van der Waals surface area contributed by atoms with Crippen LogP contribution in [0.5, 0.6) is 0 Å². The van der Waals surface area contributed by atoms with Gasteiger partial charge in [-0.1, -0.05) is 0 Å². The summed E-state index contributed by atoms with van der Waals surface area (Å²) >= 11 is 0. The monoisotopic (exact) mass is 252 g/mol. The Morgan fingerprint density at radius 2 is 2.39 bits per heavy atom. The van der Waals surface area contributed by atoms with Crippen molar-refractivity contribution in [2.45, 2.75) is 25.9 Å². The number of ether oxygens (including phenoxy) is 1. The molecule has 0 aromatic carbocycles. The van der Waals surface area contributed by atoms with Gasteiger partial charge >= 0.3 is 0 Å². The Morgan fingerprint density at radius 1 is 1.50 bits per heavy atom. The highest BCUT2D eigenvalue weighted by Gasteiger charge is 2.16. The number of rotatable bonds is 6. The van der Waals surface area contributed by atoms with Crippen LogP contribution in [0, 0.1) is 5.92 Å². The number of nitrogens with one attached hydrogen (secondary N) is 1. The van der Waals surface area contributed by atoms with Crippen molar-refractivity contribution in [2.24, 2.45) is 5.92 Å². The minimum Gasteiger partial charge on any atom is -0.468 e. The van der Waals surface area contributed by atoms with Gasteiger partial charge < -0.3 is 14.5 Å². The highest BCUT2D eigenvalue weighted by Crippen LogP contribution is 2.16. The van der Waals surface area contributed by atoms with E-state index in [-0.39, 0.29) is 0 Å². The highest BCUT2D eigenvalue weighted by molar-refractivity contribution is 5.12. The molecule has 1 saturated heterocycles. The summed E-state index contributed by atoms with van der Waals surface area (Å²) in [6.07, 6.45) is 4.32. The lowest BCUT2D eigenvalue weighted by atomic mass is 10.0. The van der Waals surface area contributed by atoms with Gasteiger partial charge in [-0.25, -0.2) is 0 Å². The molecule has 4 heteroatoms. The molecule has 102 valence electrons. The fourth-order valence-electron chi connectivity index (χ4n) is 2.53. The molecule has 1 fully saturated rings. The third-order valence-corrected chi connectivity index (χ3v) is 3.34. The lowest BCUT2D eigenvalue weighted by Gasteiger charge is -2.26. The van der Waals surface area contributed by atoms with Crippen LogP contribution in [0.1, 0.15) is 24.2 Å². The van der Waals surface area contributed by atoms with Crippen LogP contribution < -0.4 is 5.32 Å². The van der Waals surface area contributed by atoms with Crippen molar-refractivity contribution in [3.05, 3.63) is 23.7 Å². The van der Waals surface area contributed by atoms with Crippen molar-refractivity contribution in [3.63, 3.8) is 0 Å². The molecule has 2 rings (SSSR count). The van der Waals surface area contributed by atoms with E-state index in [1.165, 1.54) is 18.4 Å². The zero-order chi connectivity index (χ0) is 12.8. The second kappa shape index (κ2) is 6.92. The van der Waals surface area contributed by atoms with Gasteiger partial charge in [0, 0.05) is 25.3 Å². The van der Waals surface area contributed by atoms with E-state index >= 15 is 0 Å². The first-order valence-corrected chi connectivity index (χ1v) is 6.75. The Balaban J connectivity index is 1.76. The van der Waals surface area contributed by atoms with E-state index in [1.54, 1.807) is 0 Å². The zero-order valence-electron chi connectivity index (χ0n) is 11.4. The Labute approximate surface area is 109 Å². The maximum Gasteiger partial charge on any atom is 0.118 e. The van der Waals surface area contributed by atoms with Crippen molar-refractivity contribution in [1.29, 1.82) is 0 Å². The topological polar surface area (TPSA) is 37.6 Å². The molecule has 0 spiro atoms. The molecule has 0 saturated carbocycles. The maximum absolute atomic E-state index is 5.56. The van der Waals surface area contributed by atoms with Crippen LogP contribution in [0.25, 0.3) is 0 Å². The minimum atomic E-state index is 0.676. The molecular weight excluding hydrogens is 228 g/mol. The van der Waals surface area contributed by atoms with Crippen molar-refractivity contribution in [3.8, 4) is 0 Å². The van der Waals surface area contributed by atoms with Crippen LogP contribution in [0.4, 0.5) is 0 Å². The first kappa shape index (κ1) is 13.6. The predicted molar refractivity (Wildman–Crippen MR) is 71.3 cm³/mol. The van der Waals surface area contributed by atoms with Crippen LogP contribution in [0.15, 0.2) is 16.7 Å². The summed E-state index contributed by atoms with van der Waals surface area (Å²) < 4.78 is 11.1. The summed E-state index contributed by atoms with van der Waals surface area (Å²) in [5.41, 5.74) is 1.21. The molecule has 1 atom stereocenters. The van der Waals surface area contributed by atoms with E-state index in [4.69, 9.17) is 9.15 Å². The number of nitrogens with zero attached hydrogens (tertiary/aromatic N) is 1. The molecule has 1 aromatic rings. The number of hydrogen-bond acceptors (Lipinski definition) is 4. The largest absolute Gasteiger partial charge is 0.468 e. The summed E-state index contributed by atoms with van der Waals surface area (Å²) in [4.78, 5) is 2.32. The van der Waals surface area contributed by atoms with Gasteiger partial charge in [0.05, 0.1) is 19.4 Å². The zero-order valence-corrected chi connectivity index (χ0v) is 11.4. The van der Waals surface area contributed by atoms with Crippen LogP contribution >= 0.6 is 0 Å². The Hall–Kier alpha value is -0.840. The van der Waals surface area contributed by atoms with E-state index < -0.39 is 0 Å². The average Bonchev–Trinajstić information content (AvgIpc) is 2.78. The van der Waals surface area contributed by atoms with Gasteiger partial charge in [0.25, 0.3) is 0 Å². The van der Waals surface area contributed by atoms with E-state index in [0.29, 0.717) is 5.92 Å². The van der Waals surface area contributed by atoms with Gasteiger partial charge in [0.2, 0.25) is 0 Å². The Bertz CT molecular complexity index is 345. The Kier molecular flexibility index (Phi) is 5.23. The second-order valence-corrected chi connectivity index (χ2v) is 5.23. The molecule has 1 aliphatic heterocycles. The molecule has 1 aromatic heterocycles. The van der Waals surface area contributed by atoms with Crippen LogP contribution in [0.2, 0.25) is 0 Å². The maximum atomic E-state index is 5.56. The van der Waals surface area contributed by atoms with E-state index in [0.717, 1.165) is 38.6 Å². The van der Waals surface area contributed by atoms with Gasteiger partial charge in [-0.15, -0.1) is 0 Å². The first-order valence-electron chi connectivity index (χ1n) is 6.75. The molecule has 0 amide bonds. The highest BCUT2D eigenvalue weighted by atomic mass is 16.5. The molecule has 1 unspecified atom stereocenters. The summed E-state index contributed by atoms with van der Waals surface area (Å²) in [6, 6.07) is 2.13. The van der Waals surface area contributed by atoms with Crippen molar-refractivity contribution in [1.82, 2.24) is 10.2 Å². The summed E-state index contributed by atoms with van der Waals surface area (Å²) in [7, 11) is 4.09. The molecule has 4 nitrogen and oxygen atoms in total. The molecule has 1 N–H and O–H groups in total. The van der Waals surface area contributed by atoms with E-state index in [1.807, 2.05) is 13.3 Å². The smallest absolute Gasteiger partial charge is 0.118 e. The molecule has 2 heterocycles. The number of hydrogen-bond donors (Lipinski definition) is 1. The standard InChI is InChI=1S/C14H24N2O2/c1-15-7-13-6-14(18-11-13)9-16(2)8-12-4-3-5-17-10-12/h6,11-12,15H,3-5,7-10H2,1-2H3. The third-order valence-electron chi connectivity index (χ3n) is 3.34. The fourth-order valence-corrected chi connectivity index (χ4v) is 2.53. The van der Waals surface area contributed by atoms with Gasteiger partial charge in [0.15, 0.2) is 0 Å². The van der Waals surface area contributed by atoms with Crippen molar-refractivity contribution >= 4 is 0 Å². The number of furan rings is 1. The molecule has 1 aliphatic rings. The fraction of sp³-hybridized carbons (Fsp3) is 0.714. The van der Waals surface area contributed by atoms with E-state index in [2.05, 4.69) is 23.3 Å². The van der Waals surface area contributed by atoms with Gasteiger partial charge in [0.1, 0.15) is 5.76 Å². The van der Waals surface area contributed by atoms with Crippen LogP contribution in [-0.4, -0.2) is 38.8 Å². The predicted octanol–water partition coefficient (Wildman–Crippen LogP) is 1.86. The second-order valence-electron chi connectivity index (χ2n) is 5.23. The minimum absolute atomic E-state index is 0.676. The van der Waals surface area contributed by atoms with Crippen LogP contribution in [-0.2, 0) is 17.8 Å². The van der Waals surface area contributed by atoms with Crippen molar-refractivity contribution in [2.75, 3.05) is 33.9 Å². The summed E-state index contributed by atoms with van der Waals surface area (Å²) in [5.74, 6) is 1.72. The molecule has 0 aliphatic carbocycles. The molecule has 18 heavy (non-hydrogen) atoms. The van der Waals surface area contributed by atoms with Crippen molar-refractivity contribution < 1.29 is 9.15 Å². The van der Waals surface area contributed by atoms with Gasteiger partial charge in [-0.2, -0.15) is 0 Å². The molecular formula is C14H24N2O2. The lowest BCUT2D eigenvalue weighted by molar-refractivity contribution is 0.0404.